The van der Waals surface area contributed by atoms with E-state index in [1.807, 2.05) is 7.05 Å². The zero-order valence-electron chi connectivity index (χ0n) is 6.65. The highest BCUT2D eigenvalue weighted by Crippen LogP contribution is 2.15. The molecule has 0 saturated carbocycles. The van der Waals surface area contributed by atoms with Crippen LogP contribution in [0.1, 0.15) is 0 Å². The van der Waals surface area contributed by atoms with Crippen LogP contribution in [0.3, 0.4) is 0 Å². The second-order valence-electron chi connectivity index (χ2n) is 2.74. The SMILES string of the molecule is [B]c1cc2cnn(C)c2cc1O. The summed E-state index contributed by atoms with van der Waals surface area (Å²) in [7, 11) is 7.33. The Hall–Kier alpha value is -1.45. The van der Waals surface area contributed by atoms with Gasteiger partial charge in [0.2, 0.25) is 0 Å². The smallest absolute Gasteiger partial charge is 0.119 e. The Labute approximate surface area is 71.0 Å². The van der Waals surface area contributed by atoms with Crippen molar-refractivity contribution in [2.24, 2.45) is 7.05 Å². The topological polar surface area (TPSA) is 38.0 Å². The quantitative estimate of drug-likeness (QED) is 0.551. The van der Waals surface area contributed by atoms with Crippen LogP contribution in [0.15, 0.2) is 18.3 Å². The Kier molecular flexibility index (Phi) is 1.36. The van der Waals surface area contributed by atoms with E-state index < -0.39 is 0 Å². The molecule has 1 aromatic carbocycles. The van der Waals surface area contributed by atoms with Crippen molar-refractivity contribution in [2.45, 2.75) is 0 Å². The third kappa shape index (κ3) is 0.880. The van der Waals surface area contributed by atoms with Gasteiger partial charge in [0.15, 0.2) is 0 Å². The standard InChI is InChI=1S/C8H7BN2O/c1-11-7-3-8(12)6(9)2-5(7)4-10-11/h2-4,12H,1H3. The highest BCUT2D eigenvalue weighted by atomic mass is 16.3. The van der Waals surface area contributed by atoms with Gasteiger partial charge in [-0.2, -0.15) is 5.10 Å². The Morgan fingerprint density at radius 3 is 3.00 bits per heavy atom. The summed E-state index contributed by atoms with van der Waals surface area (Å²) in [4.78, 5) is 0. The molecule has 3 nitrogen and oxygen atoms in total. The number of phenols is 1. The lowest BCUT2D eigenvalue weighted by Gasteiger charge is -1.99. The van der Waals surface area contributed by atoms with Crippen molar-refractivity contribution in [1.82, 2.24) is 9.78 Å². The van der Waals surface area contributed by atoms with E-state index in [2.05, 4.69) is 5.10 Å². The highest BCUT2D eigenvalue weighted by molar-refractivity contribution is 6.35. The highest BCUT2D eigenvalue weighted by Gasteiger charge is 2.02. The van der Waals surface area contributed by atoms with Gasteiger partial charge in [0.05, 0.1) is 11.7 Å². The van der Waals surface area contributed by atoms with E-state index >= 15 is 0 Å². The minimum atomic E-state index is 0.103. The largest absolute Gasteiger partial charge is 0.509 e. The zero-order chi connectivity index (χ0) is 8.72. The van der Waals surface area contributed by atoms with Crippen LogP contribution in [0.5, 0.6) is 5.75 Å². The maximum atomic E-state index is 9.29. The van der Waals surface area contributed by atoms with E-state index in [9.17, 15) is 5.11 Å². The molecule has 2 radical (unpaired) electrons. The molecular formula is C8H7BN2O. The van der Waals surface area contributed by atoms with Gasteiger partial charge in [0.25, 0.3) is 0 Å². The van der Waals surface area contributed by atoms with Crippen molar-refractivity contribution in [1.29, 1.82) is 0 Å². The zero-order valence-corrected chi connectivity index (χ0v) is 6.65. The monoisotopic (exact) mass is 158 g/mol. The summed E-state index contributed by atoms with van der Waals surface area (Å²) in [6, 6.07) is 3.31. The van der Waals surface area contributed by atoms with E-state index in [0.717, 1.165) is 10.9 Å². The van der Waals surface area contributed by atoms with Crippen LogP contribution in [0.2, 0.25) is 0 Å². The van der Waals surface area contributed by atoms with Gasteiger partial charge in [-0.05, 0) is 0 Å². The van der Waals surface area contributed by atoms with Gasteiger partial charge in [-0.15, -0.1) is 0 Å². The molecule has 1 aromatic heterocycles. The van der Waals surface area contributed by atoms with Gasteiger partial charge in [-0.3, -0.25) is 4.68 Å². The van der Waals surface area contributed by atoms with Gasteiger partial charge < -0.3 is 5.11 Å². The number of aromatic nitrogens is 2. The van der Waals surface area contributed by atoms with Crippen molar-refractivity contribution < 1.29 is 5.11 Å². The van der Waals surface area contributed by atoms with Crippen molar-refractivity contribution in [2.75, 3.05) is 0 Å². The molecule has 58 valence electrons. The number of rotatable bonds is 0. The normalized spacial score (nSPS) is 10.8. The second-order valence-corrected chi connectivity index (χ2v) is 2.74. The summed E-state index contributed by atoms with van der Waals surface area (Å²) >= 11 is 0. The van der Waals surface area contributed by atoms with Crippen molar-refractivity contribution >= 4 is 24.2 Å². The van der Waals surface area contributed by atoms with Crippen LogP contribution in [0.25, 0.3) is 10.9 Å². The molecule has 0 saturated heterocycles. The van der Waals surface area contributed by atoms with Crippen LogP contribution in [0, 0.1) is 0 Å². The Bertz CT molecular complexity index is 436. The molecular weight excluding hydrogens is 151 g/mol. The van der Waals surface area contributed by atoms with Gasteiger partial charge in [-0.1, -0.05) is 11.5 Å². The van der Waals surface area contributed by atoms with E-state index in [0.29, 0.717) is 5.46 Å². The molecule has 0 amide bonds. The van der Waals surface area contributed by atoms with Crippen molar-refractivity contribution in [3.63, 3.8) is 0 Å². The molecule has 2 rings (SSSR count). The van der Waals surface area contributed by atoms with Crippen LogP contribution < -0.4 is 5.46 Å². The van der Waals surface area contributed by atoms with Gasteiger partial charge >= 0.3 is 0 Å². The summed E-state index contributed by atoms with van der Waals surface area (Å²) in [5.41, 5.74) is 1.26. The number of aromatic hydroxyl groups is 1. The first-order valence-corrected chi connectivity index (χ1v) is 3.58. The minimum Gasteiger partial charge on any atom is -0.509 e. The lowest BCUT2D eigenvalue weighted by atomic mass is 9.94. The van der Waals surface area contributed by atoms with E-state index in [-0.39, 0.29) is 5.75 Å². The molecule has 12 heavy (non-hydrogen) atoms. The predicted octanol–water partition coefficient (Wildman–Crippen LogP) is 0.0727. The molecule has 0 aliphatic carbocycles. The fourth-order valence-corrected chi connectivity index (χ4v) is 1.21. The molecule has 0 aliphatic heterocycles. The molecule has 2 aromatic rings. The Morgan fingerprint density at radius 1 is 1.50 bits per heavy atom. The molecule has 1 N–H and O–H groups in total. The lowest BCUT2D eigenvalue weighted by molar-refractivity contribution is 0.480. The van der Waals surface area contributed by atoms with E-state index in [4.69, 9.17) is 7.85 Å². The fourth-order valence-electron chi connectivity index (χ4n) is 1.21. The summed E-state index contributed by atoms with van der Waals surface area (Å²) < 4.78 is 1.69. The third-order valence-electron chi connectivity index (χ3n) is 1.89. The third-order valence-corrected chi connectivity index (χ3v) is 1.89. The molecule has 0 unspecified atom stereocenters. The second kappa shape index (κ2) is 2.27. The van der Waals surface area contributed by atoms with Crippen LogP contribution in [-0.4, -0.2) is 22.7 Å². The van der Waals surface area contributed by atoms with Crippen LogP contribution >= 0.6 is 0 Å². The molecule has 0 atom stereocenters. The average molecular weight is 158 g/mol. The molecule has 0 spiro atoms. The van der Waals surface area contributed by atoms with Crippen LogP contribution in [0.4, 0.5) is 0 Å². The van der Waals surface area contributed by atoms with Gasteiger partial charge in [0, 0.05) is 18.5 Å². The molecule has 0 aliphatic rings. The van der Waals surface area contributed by atoms with Gasteiger partial charge in [0.1, 0.15) is 13.6 Å². The number of phenolic OH excluding ortho intramolecular Hbond substituents is 1. The Morgan fingerprint density at radius 2 is 2.25 bits per heavy atom. The number of hydrogen-bond acceptors (Lipinski definition) is 2. The first kappa shape index (κ1) is 7.22. The number of nitrogens with zero attached hydrogens (tertiary/aromatic N) is 2. The first-order chi connectivity index (χ1) is 5.68. The maximum Gasteiger partial charge on any atom is 0.119 e. The predicted molar refractivity (Wildman–Crippen MR) is 47.8 cm³/mol. The average Bonchev–Trinajstić information content (AvgIpc) is 2.35. The first-order valence-electron chi connectivity index (χ1n) is 3.58. The maximum absolute atomic E-state index is 9.29. The van der Waals surface area contributed by atoms with Crippen molar-refractivity contribution in [3.8, 4) is 5.75 Å². The summed E-state index contributed by atoms with van der Waals surface area (Å²) in [5, 5.41) is 14.3. The van der Waals surface area contributed by atoms with Crippen LogP contribution in [-0.2, 0) is 7.05 Å². The number of hydrogen-bond donors (Lipinski definition) is 1. The summed E-state index contributed by atoms with van der Waals surface area (Å²) in [6.07, 6.45) is 1.71. The summed E-state index contributed by atoms with van der Waals surface area (Å²) in [5.74, 6) is 0.103. The van der Waals surface area contributed by atoms with E-state index in [1.54, 1.807) is 23.0 Å². The fraction of sp³-hybridized carbons (Fsp3) is 0.125. The van der Waals surface area contributed by atoms with Gasteiger partial charge in [-0.25, -0.2) is 0 Å². The molecule has 1 heterocycles. The summed E-state index contributed by atoms with van der Waals surface area (Å²) in [6.45, 7) is 0. The van der Waals surface area contributed by atoms with E-state index in [1.165, 1.54) is 0 Å². The van der Waals surface area contributed by atoms with Crippen molar-refractivity contribution in [3.05, 3.63) is 18.3 Å². The minimum absolute atomic E-state index is 0.103. The molecule has 0 fully saturated rings. The lowest BCUT2D eigenvalue weighted by Crippen LogP contribution is -2.01. The number of aryl methyl sites for hydroxylation is 1. The molecule has 0 bridgehead atoms. The number of fused-ring (bicyclic) bond motifs is 1. The number of benzene rings is 1. The Balaban J connectivity index is 2.87. The molecule has 4 heteroatoms.